The molecule has 2 aromatic rings. The van der Waals surface area contributed by atoms with Crippen molar-refractivity contribution in [2.24, 2.45) is 0 Å². The second-order valence-corrected chi connectivity index (χ2v) is 6.56. The highest BCUT2D eigenvalue weighted by atomic mass is 32.2. The van der Waals surface area contributed by atoms with Crippen molar-refractivity contribution in [3.8, 4) is 11.5 Å². The Morgan fingerprint density at radius 1 is 1.22 bits per heavy atom. The van der Waals surface area contributed by atoms with E-state index in [1.54, 1.807) is 26.0 Å². The molecular weight excluding hydrogens is 310 g/mol. The number of hydrogen-bond acceptors (Lipinski definition) is 4. The van der Waals surface area contributed by atoms with Crippen LogP contribution < -0.4 is 14.8 Å². The summed E-state index contributed by atoms with van der Waals surface area (Å²) >= 11 is 1.63. The minimum Gasteiger partial charge on any atom is -0.497 e. The first-order chi connectivity index (χ1) is 11.2. The lowest BCUT2D eigenvalue weighted by atomic mass is 10.1. The highest BCUT2D eigenvalue weighted by Crippen LogP contribution is 2.36. The van der Waals surface area contributed by atoms with E-state index >= 15 is 0 Å². The summed E-state index contributed by atoms with van der Waals surface area (Å²) < 4.78 is 10.5. The van der Waals surface area contributed by atoms with Crippen LogP contribution in [0.1, 0.15) is 11.1 Å². The van der Waals surface area contributed by atoms with Gasteiger partial charge in [-0.1, -0.05) is 18.2 Å². The van der Waals surface area contributed by atoms with Crippen molar-refractivity contribution in [3.05, 3.63) is 53.6 Å². The zero-order valence-corrected chi connectivity index (χ0v) is 14.0. The molecule has 1 N–H and O–H groups in total. The molecule has 2 aromatic carbocycles. The van der Waals surface area contributed by atoms with Crippen LogP contribution in [0.4, 0.5) is 0 Å². The Hall–Kier alpha value is -2.14. The van der Waals surface area contributed by atoms with E-state index in [0.29, 0.717) is 12.3 Å². The van der Waals surface area contributed by atoms with E-state index in [1.807, 2.05) is 30.3 Å². The van der Waals surface area contributed by atoms with Gasteiger partial charge in [0.05, 0.1) is 19.5 Å². The van der Waals surface area contributed by atoms with Gasteiger partial charge in [-0.05, 0) is 30.2 Å². The average molecular weight is 329 g/mol. The predicted molar refractivity (Wildman–Crippen MR) is 91.2 cm³/mol. The molecule has 0 spiro atoms. The van der Waals surface area contributed by atoms with Gasteiger partial charge in [0.2, 0.25) is 5.91 Å². The van der Waals surface area contributed by atoms with Crippen LogP contribution in [0.15, 0.2) is 47.4 Å². The number of carbonyl (C=O) groups is 1. The molecular formula is C18H19NO3S. The molecule has 3 rings (SSSR count). The molecule has 1 unspecified atom stereocenters. The molecule has 1 atom stereocenters. The van der Waals surface area contributed by atoms with E-state index < -0.39 is 0 Å². The SMILES string of the molecule is COc1ccc(CNC(=O)C2Cc3ccccc3S2)c(OC)c1. The number of benzene rings is 2. The summed E-state index contributed by atoms with van der Waals surface area (Å²) in [5, 5.41) is 2.95. The normalized spacial score (nSPS) is 15.8. The summed E-state index contributed by atoms with van der Waals surface area (Å²) in [5.41, 5.74) is 2.18. The summed E-state index contributed by atoms with van der Waals surface area (Å²) in [5.74, 6) is 1.51. The fourth-order valence-corrected chi connectivity index (χ4v) is 3.84. The zero-order valence-electron chi connectivity index (χ0n) is 13.2. The average Bonchev–Trinajstić information content (AvgIpc) is 3.03. The number of nitrogens with one attached hydrogen (secondary N) is 1. The monoisotopic (exact) mass is 329 g/mol. The maximum absolute atomic E-state index is 12.4. The van der Waals surface area contributed by atoms with Crippen LogP contribution in [-0.2, 0) is 17.8 Å². The Labute approximate surface area is 140 Å². The fraction of sp³-hybridized carbons (Fsp3) is 0.278. The molecule has 23 heavy (non-hydrogen) atoms. The second kappa shape index (κ2) is 6.96. The van der Waals surface area contributed by atoms with Crippen LogP contribution in [0.2, 0.25) is 0 Å². The highest BCUT2D eigenvalue weighted by molar-refractivity contribution is 8.01. The van der Waals surface area contributed by atoms with E-state index in [1.165, 1.54) is 10.5 Å². The molecule has 0 aromatic heterocycles. The summed E-state index contributed by atoms with van der Waals surface area (Å²) in [6.45, 7) is 0.444. The third kappa shape index (κ3) is 3.45. The molecule has 0 aliphatic carbocycles. The number of hydrogen-bond donors (Lipinski definition) is 1. The minimum absolute atomic E-state index is 0.0587. The number of rotatable bonds is 5. The Balaban J connectivity index is 1.62. The molecule has 1 amide bonds. The van der Waals surface area contributed by atoms with Crippen LogP contribution in [0.5, 0.6) is 11.5 Å². The number of carbonyl (C=O) groups excluding carboxylic acids is 1. The molecule has 5 heteroatoms. The van der Waals surface area contributed by atoms with Gasteiger partial charge >= 0.3 is 0 Å². The summed E-state index contributed by atoms with van der Waals surface area (Å²) in [6.07, 6.45) is 0.784. The van der Waals surface area contributed by atoms with Crippen molar-refractivity contribution in [2.45, 2.75) is 23.1 Å². The Kier molecular flexibility index (Phi) is 4.76. The Morgan fingerprint density at radius 3 is 2.78 bits per heavy atom. The molecule has 120 valence electrons. The van der Waals surface area contributed by atoms with E-state index in [4.69, 9.17) is 9.47 Å². The quantitative estimate of drug-likeness (QED) is 0.916. The summed E-state index contributed by atoms with van der Waals surface area (Å²) in [6, 6.07) is 13.8. The maximum Gasteiger partial charge on any atom is 0.234 e. The number of amides is 1. The fourth-order valence-electron chi connectivity index (χ4n) is 2.62. The van der Waals surface area contributed by atoms with Gasteiger partial charge in [-0.25, -0.2) is 0 Å². The third-order valence-corrected chi connectivity index (χ3v) is 5.20. The highest BCUT2D eigenvalue weighted by Gasteiger charge is 2.27. The van der Waals surface area contributed by atoms with Gasteiger partial charge in [0.1, 0.15) is 11.5 Å². The smallest absolute Gasteiger partial charge is 0.234 e. The molecule has 4 nitrogen and oxygen atoms in total. The topological polar surface area (TPSA) is 47.6 Å². The van der Waals surface area contributed by atoms with E-state index in [2.05, 4.69) is 17.4 Å². The van der Waals surface area contributed by atoms with Crippen LogP contribution in [0, 0.1) is 0 Å². The number of fused-ring (bicyclic) bond motifs is 1. The maximum atomic E-state index is 12.4. The summed E-state index contributed by atoms with van der Waals surface area (Å²) in [7, 11) is 3.23. The van der Waals surface area contributed by atoms with Gasteiger partial charge in [0.25, 0.3) is 0 Å². The van der Waals surface area contributed by atoms with Crippen LogP contribution in [0.25, 0.3) is 0 Å². The lowest BCUT2D eigenvalue weighted by molar-refractivity contribution is -0.120. The van der Waals surface area contributed by atoms with Gasteiger partial charge < -0.3 is 14.8 Å². The first-order valence-corrected chi connectivity index (χ1v) is 8.32. The van der Waals surface area contributed by atoms with Gasteiger partial charge in [-0.3, -0.25) is 4.79 Å². The van der Waals surface area contributed by atoms with E-state index in [0.717, 1.165) is 17.7 Å². The first kappa shape index (κ1) is 15.7. The van der Waals surface area contributed by atoms with Crippen molar-refractivity contribution < 1.29 is 14.3 Å². The largest absolute Gasteiger partial charge is 0.497 e. The molecule has 1 aliphatic heterocycles. The van der Waals surface area contributed by atoms with E-state index in [9.17, 15) is 4.79 Å². The summed E-state index contributed by atoms with van der Waals surface area (Å²) in [4.78, 5) is 13.6. The van der Waals surface area contributed by atoms with Crippen molar-refractivity contribution in [1.29, 1.82) is 0 Å². The lowest BCUT2D eigenvalue weighted by Gasteiger charge is -2.13. The van der Waals surface area contributed by atoms with Crippen LogP contribution >= 0.6 is 11.8 Å². The number of ether oxygens (including phenoxy) is 2. The minimum atomic E-state index is -0.0587. The van der Waals surface area contributed by atoms with Gasteiger partial charge in [-0.2, -0.15) is 0 Å². The molecule has 1 heterocycles. The van der Waals surface area contributed by atoms with E-state index in [-0.39, 0.29) is 11.2 Å². The third-order valence-electron chi connectivity index (χ3n) is 3.89. The molecule has 0 bridgehead atoms. The predicted octanol–water partition coefficient (Wildman–Crippen LogP) is 3.04. The van der Waals surface area contributed by atoms with Crippen molar-refractivity contribution in [1.82, 2.24) is 5.32 Å². The molecule has 0 fully saturated rings. The Morgan fingerprint density at radius 2 is 2.04 bits per heavy atom. The van der Waals surface area contributed by atoms with Gasteiger partial charge in [0.15, 0.2) is 0 Å². The number of thioether (sulfide) groups is 1. The zero-order chi connectivity index (χ0) is 16.2. The molecule has 0 saturated carbocycles. The van der Waals surface area contributed by atoms with Crippen LogP contribution in [-0.4, -0.2) is 25.4 Å². The molecule has 0 radical (unpaired) electrons. The Bertz CT molecular complexity index is 692. The first-order valence-electron chi connectivity index (χ1n) is 7.44. The molecule has 1 aliphatic rings. The second-order valence-electron chi connectivity index (χ2n) is 5.31. The van der Waals surface area contributed by atoms with Gasteiger partial charge in [0, 0.05) is 23.1 Å². The molecule has 0 saturated heterocycles. The standard InChI is InChI=1S/C18H19NO3S/c1-21-14-8-7-13(15(10-14)22-2)11-19-18(20)17-9-12-5-3-4-6-16(12)23-17/h3-8,10,17H,9,11H2,1-2H3,(H,19,20). The van der Waals surface area contributed by atoms with Crippen molar-refractivity contribution in [2.75, 3.05) is 14.2 Å². The van der Waals surface area contributed by atoms with Crippen LogP contribution in [0.3, 0.4) is 0 Å². The van der Waals surface area contributed by atoms with Crippen molar-refractivity contribution in [3.63, 3.8) is 0 Å². The van der Waals surface area contributed by atoms with Crippen molar-refractivity contribution >= 4 is 17.7 Å². The lowest BCUT2D eigenvalue weighted by Crippen LogP contribution is -2.32. The van der Waals surface area contributed by atoms with Gasteiger partial charge in [-0.15, -0.1) is 11.8 Å². The number of methoxy groups -OCH3 is 2.